The number of likely N-dealkylation sites (tertiary alicyclic amines) is 1. The van der Waals surface area contributed by atoms with Crippen molar-refractivity contribution in [2.24, 2.45) is 0 Å². The van der Waals surface area contributed by atoms with Crippen LogP contribution in [0.25, 0.3) is 0 Å². The zero-order valence-electron chi connectivity index (χ0n) is 14.3. The van der Waals surface area contributed by atoms with E-state index >= 15 is 0 Å². The van der Waals surface area contributed by atoms with Gasteiger partial charge in [0.15, 0.2) is 0 Å². The molecular weight excluding hydrogens is 288 g/mol. The van der Waals surface area contributed by atoms with Crippen LogP contribution >= 0.6 is 0 Å². The van der Waals surface area contributed by atoms with E-state index in [2.05, 4.69) is 23.4 Å². The molecule has 2 rings (SSSR count). The van der Waals surface area contributed by atoms with Crippen LogP contribution in [0.15, 0.2) is 24.3 Å². The van der Waals surface area contributed by atoms with Gasteiger partial charge in [0.05, 0.1) is 0 Å². The van der Waals surface area contributed by atoms with E-state index in [1.165, 1.54) is 5.56 Å². The molecule has 124 valence electrons. The lowest BCUT2D eigenvalue weighted by atomic mass is 10.0. The second-order valence-electron chi connectivity index (χ2n) is 6.96. The Kier molecular flexibility index (Phi) is 5.68. The van der Waals surface area contributed by atoms with Crippen LogP contribution in [0, 0.1) is 12.3 Å². The summed E-state index contributed by atoms with van der Waals surface area (Å²) in [7, 11) is 0. The summed E-state index contributed by atoms with van der Waals surface area (Å²) < 4.78 is 5.41. The summed E-state index contributed by atoms with van der Waals surface area (Å²) in [6.45, 7) is 7.98. The Morgan fingerprint density at radius 3 is 2.43 bits per heavy atom. The lowest BCUT2D eigenvalue weighted by Gasteiger charge is -2.33. The molecule has 1 heterocycles. The summed E-state index contributed by atoms with van der Waals surface area (Å²) in [6, 6.07) is 8.46. The van der Waals surface area contributed by atoms with Crippen molar-refractivity contribution in [3.8, 4) is 12.3 Å². The first-order valence-corrected chi connectivity index (χ1v) is 8.14. The lowest BCUT2D eigenvalue weighted by Crippen LogP contribution is -2.46. The number of carbonyl (C=O) groups is 1. The highest BCUT2D eigenvalue weighted by Gasteiger charge is 2.26. The van der Waals surface area contributed by atoms with Crippen molar-refractivity contribution in [3.05, 3.63) is 35.4 Å². The fourth-order valence-electron chi connectivity index (χ4n) is 2.57. The minimum atomic E-state index is -0.434. The van der Waals surface area contributed by atoms with Crippen molar-refractivity contribution in [3.63, 3.8) is 0 Å². The summed E-state index contributed by atoms with van der Waals surface area (Å²) >= 11 is 0. The Balaban J connectivity index is 1.74. The molecule has 1 aromatic carbocycles. The number of rotatable bonds is 3. The number of hydrogen-bond donors (Lipinski definition) is 1. The summed E-state index contributed by atoms with van der Waals surface area (Å²) in [5, 5.41) is 3.55. The van der Waals surface area contributed by atoms with Gasteiger partial charge in [-0.15, -0.1) is 6.42 Å². The van der Waals surface area contributed by atoms with Crippen LogP contribution < -0.4 is 5.32 Å². The standard InChI is InChI=1S/C19H26N2O2/c1-5-15-6-8-16(9-7-15)14-20-17-10-12-21(13-11-17)18(22)23-19(2,3)4/h1,6-9,17,20H,10-14H2,2-4H3. The van der Waals surface area contributed by atoms with Gasteiger partial charge in [-0.1, -0.05) is 18.1 Å². The van der Waals surface area contributed by atoms with E-state index in [-0.39, 0.29) is 6.09 Å². The number of nitrogens with zero attached hydrogens (tertiary/aromatic N) is 1. The zero-order valence-corrected chi connectivity index (χ0v) is 14.3. The highest BCUT2D eigenvalue weighted by Crippen LogP contribution is 2.16. The predicted molar refractivity (Wildman–Crippen MR) is 92.0 cm³/mol. The van der Waals surface area contributed by atoms with E-state index in [1.807, 2.05) is 32.9 Å². The second-order valence-corrected chi connectivity index (χ2v) is 6.96. The smallest absolute Gasteiger partial charge is 0.410 e. The molecule has 4 heteroatoms. The molecule has 1 saturated heterocycles. The summed E-state index contributed by atoms with van der Waals surface area (Å²) in [5.74, 6) is 2.62. The molecule has 0 radical (unpaired) electrons. The van der Waals surface area contributed by atoms with Crippen LogP contribution in [0.1, 0.15) is 44.7 Å². The molecule has 23 heavy (non-hydrogen) atoms. The van der Waals surface area contributed by atoms with Gasteiger partial charge in [-0.05, 0) is 51.3 Å². The molecule has 1 aliphatic rings. The molecule has 1 N–H and O–H groups in total. The van der Waals surface area contributed by atoms with Crippen molar-refractivity contribution < 1.29 is 9.53 Å². The third kappa shape index (κ3) is 5.61. The molecule has 1 fully saturated rings. The lowest BCUT2D eigenvalue weighted by molar-refractivity contribution is 0.0198. The van der Waals surface area contributed by atoms with Gasteiger partial charge in [-0.25, -0.2) is 4.79 Å². The Hall–Kier alpha value is -1.99. The Labute approximate surface area is 139 Å². The number of amides is 1. The maximum Gasteiger partial charge on any atom is 0.410 e. The quantitative estimate of drug-likeness (QED) is 0.871. The van der Waals surface area contributed by atoms with Crippen molar-refractivity contribution in [1.82, 2.24) is 10.2 Å². The molecule has 0 unspecified atom stereocenters. The van der Waals surface area contributed by atoms with Crippen LogP contribution in [0.5, 0.6) is 0 Å². The normalized spacial score (nSPS) is 16.0. The van der Waals surface area contributed by atoms with E-state index in [0.29, 0.717) is 6.04 Å². The molecule has 0 aromatic heterocycles. The van der Waals surface area contributed by atoms with Gasteiger partial charge in [0.2, 0.25) is 0 Å². The van der Waals surface area contributed by atoms with E-state index in [0.717, 1.165) is 38.0 Å². The highest BCUT2D eigenvalue weighted by atomic mass is 16.6. The Morgan fingerprint density at radius 2 is 1.91 bits per heavy atom. The van der Waals surface area contributed by atoms with Gasteiger partial charge in [0.25, 0.3) is 0 Å². The molecule has 0 atom stereocenters. The van der Waals surface area contributed by atoms with Crippen molar-refractivity contribution in [2.45, 2.75) is 51.8 Å². The largest absolute Gasteiger partial charge is 0.444 e. The number of piperidine rings is 1. The third-order valence-electron chi connectivity index (χ3n) is 3.86. The average molecular weight is 314 g/mol. The summed E-state index contributed by atoms with van der Waals surface area (Å²) in [5.41, 5.74) is 1.69. The summed E-state index contributed by atoms with van der Waals surface area (Å²) in [4.78, 5) is 13.8. The first-order valence-electron chi connectivity index (χ1n) is 8.14. The van der Waals surface area contributed by atoms with Crippen LogP contribution in [-0.4, -0.2) is 35.7 Å². The topological polar surface area (TPSA) is 41.6 Å². The molecule has 1 aliphatic heterocycles. The van der Waals surface area contributed by atoms with Gasteiger partial charge in [-0.2, -0.15) is 0 Å². The number of ether oxygens (including phenoxy) is 1. The number of nitrogens with one attached hydrogen (secondary N) is 1. The monoisotopic (exact) mass is 314 g/mol. The molecule has 1 amide bonds. The minimum Gasteiger partial charge on any atom is -0.444 e. The molecule has 4 nitrogen and oxygen atoms in total. The van der Waals surface area contributed by atoms with Crippen LogP contribution in [-0.2, 0) is 11.3 Å². The Bertz CT molecular complexity index is 559. The first-order chi connectivity index (χ1) is 10.9. The number of benzene rings is 1. The van der Waals surface area contributed by atoms with E-state index in [1.54, 1.807) is 4.90 Å². The second kappa shape index (κ2) is 7.52. The third-order valence-corrected chi connectivity index (χ3v) is 3.86. The van der Waals surface area contributed by atoms with E-state index in [4.69, 9.17) is 11.2 Å². The van der Waals surface area contributed by atoms with Gasteiger partial charge in [0.1, 0.15) is 5.60 Å². The first kappa shape index (κ1) is 17.4. The fraction of sp³-hybridized carbons (Fsp3) is 0.526. The zero-order chi connectivity index (χ0) is 16.9. The van der Waals surface area contributed by atoms with Crippen molar-refractivity contribution in [2.75, 3.05) is 13.1 Å². The Morgan fingerprint density at radius 1 is 1.30 bits per heavy atom. The molecular formula is C19H26N2O2. The van der Waals surface area contributed by atoms with Crippen molar-refractivity contribution >= 4 is 6.09 Å². The predicted octanol–water partition coefficient (Wildman–Crippen LogP) is 3.16. The number of carbonyl (C=O) groups excluding carboxylic acids is 1. The average Bonchev–Trinajstić information content (AvgIpc) is 2.52. The fourth-order valence-corrected chi connectivity index (χ4v) is 2.57. The highest BCUT2D eigenvalue weighted by molar-refractivity contribution is 5.68. The van der Waals surface area contributed by atoms with E-state index < -0.39 is 5.60 Å². The molecule has 1 aromatic rings. The molecule has 0 spiro atoms. The van der Waals surface area contributed by atoms with Crippen molar-refractivity contribution in [1.29, 1.82) is 0 Å². The SMILES string of the molecule is C#Cc1ccc(CNC2CCN(C(=O)OC(C)(C)C)CC2)cc1. The van der Waals surface area contributed by atoms with E-state index in [9.17, 15) is 4.79 Å². The maximum atomic E-state index is 12.0. The van der Waals surface area contributed by atoms with Gasteiger partial charge in [0, 0.05) is 31.2 Å². The van der Waals surface area contributed by atoms with Gasteiger partial charge < -0.3 is 15.0 Å². The van der Waals surface area contributed by atoms with Gasteiger partial charge >= 0.3 is 6.09 Å². The minimum absolute atomic E-state index is 0.208. The molecule has 0 saturated carbocycles. The number of hydrogen-bond acceptors (Lipinski definition) is 3. The van der Waals surface area contributed by atoms with Crippen LogP contribution in [0.4, 0.5) is 4.79 Å². The summed E-state index contributed by atoms with van der Waals surface area (Å²) in [6.07, 6.45) is 7.04. The van der Waals surface area contributed by atoms with Crippen LogP contribution in [0.2, 0.25) is 0 Å². The molecule has 0 bridgehead atoms. The van der Waals surface area contributed by atoms with Gasteiger partial charge in [-0.3, -0.25) is 0 Å². The maximum absolute atomic E-state index is 12.0. The molecule has 0 aliphatic carbocycles. The van der Waals surface area contributed by atoms with Crippen LogP contribution in [0.3, 0.4) is 0 Å². The number of terminal acetylenes is 1.